The van der Waals surface area contributed by atoms with Gasteiger partial charge in [-0.2, -0.15) is 0 Å². The van der Waals surface area contributed by atoms with Gasteiger partial charge in [-0.3, -0.25) is 4.79 Å². The SMILES string of the molecule is NC(=O)c1cc(-c2ccccc2)cc2c(C3CCN(S(=O)(=O)CCCOCC4CCOC4)CC3)c[nH]c12. The predicted octanol–water partition coefficient (Wildman–Crippen LogP) is 3.89. The molecular formula is C28H35N3O5S. The Kier molecular flexibility index (Phi) is 7.95. The molecule has 3 N–H and O–H groups in total. The third-order valence-electron chi connectivity index (χ3n) is 7.55. The summed E-state index contributed by atoms with van der Waals surface area (Å²) >= 11 is 0. The van der Waals surface area contributed by atoms with E-state index in [1.165, 1.54) is 0 Å². The van der Waals surface area contributed by atoms with E-state index >= 15 is 0 Å². The predicted molar refractivity (Wildman–Crippen MR) is 144 cm³/mol. The monoisotopic (exact) mass is 525 g/mol. The number of carbonyl (C=O) groups is 1. The molecule has 0 aliphatic carbocycles. The van der Waals surface area contributed by atoms with Crippen molar-refractivity contribution in [2.75, 3.05) is 45.3 Å². The summed E-state index contributed by atoms with van der Waals surface area (Å²) in [5.41, 5.74) is 9.98. The molecule has 2 saturated heterocycles. The summed E-state index contributed by atoms with van der Waals surface area (Å²) in [5, 5.41) is 0.973. The van der Waals surface area contributed by atoms with E-state index in [4.69, 9.17) is 15.2 Å². The highest BCUT2D eigenvalue weighted by molar-refractivity contribution is 7.89. The van der Waals surface area contributed by atoms with Crippen LogP contribution in [-0.2, 0) is 19.5 Å². The highest BCUT2D eigenvalue weighted by Crippen LogP contribution is 2.37. The van der Waals surface area contributed by atoms with Crippen LogP contribution < -0.4 is 5.73 Å². The second-order valence-corrected chi connectivity index (χ2v) is 12.2. The van der Waals surface area contributed by atoms with E-state index in [0.29, 0.717) is 44.2 Å². The third-order valence-corrected chi connectivity index (χ3v) is 9.51. The molecule has 1 aromatic heterocycles. The molecule has 2 fully saturated rings. The lowest BCUT2D eigenvalue weighted by atomic mass is 9.88. The van der Waals surface area contributed by atoms with Gasteiger partial charge in [-0.15, -0.1) is 0 Å². The van der Waals surface area contributed by atoms with Crippen LogP contribution >= 0.6 is 0 Å². The number of nitrogens with zero attached hydrogens (tertiary/aromatic N) is 1. The third kappa shape index (κ3) is 5.90. The maximum absolute atomic E-state index is 12.9. The quantitative estimate of drug-likeness (QED) is 0.390. The maximum atomic E-state index is 12.9. The first kappa shape index (κ1) is 25.9. The van der Waals surface area contributed by atoms with Gasteiger partial charge in [0, 0.05) is 43.8 Å². The number of ether oxygens (including phenoxy) is 2. The largest absolute Gasteiger partial charge is 0.381 e. The number of hydrogen-bond donors (Lipinski definition) is 2. The Morgan fingerprint density at radius 2 is 1.89 bits per heavy atom. The molecule has 0 saturated carbocycles. The van der Waals surface area contributed by atoms with Crippen LogP contribution in [0, 0.1) is 5.92 Å². The molecule has 1 amide bonds. The molecule has 3 heterocycles. The summed E-state index contributed by atoms with van der Waals surface area (Å²) < 4.78 is 38.5. The van der Waals surface area contributed by atoms with Crippen molar-refractivity contribution in [1.29, 1.82) is 0 Å². The molecule has 198 valence electrons. The van der Waals surface area contributed by atoms with Crippen LogP contribution in [0.3, 0.4) is 0 Å². The number of primary amides is 1. The van der Waals surface area contributed by atoms with E-state index in [1.807, 2.05) is 42.6 Å². The van der Waals surface area contributed by atoms with Gasteiger partial charge in [-0.05, 0) is 60.4 Å². The van der Waals surface area contributed by atoms with Crippen molar-refractivity contribution in [3.8, 4) is 11.1 Å². The Balaban J connectivity index is 1.23. The van der Waals surface area contributed by atoms with E-state index in [1.54, 1.807) is 4.31 Å². The number of hydrogen-bond acceptors (Lipinski definition) is 5. The minimum absolute atomic E-state index is 0.105. The fourth-order valence-corrected chi connectivity index (χ4v) is 6.97. The normalized spacial score (nSPS) is 19.5. The average Bonchev–Trinajstić information content (AvgIpc) is 3.58. The molecule has 3 aromatic rings. The van der Waals surface area contributed by atoms with Crippen LogP contribution in [-0.4, -0.2) is 68.9 Å². The van der Waals surface area contributed by atoms with Crippen LogP contribution in [0.1, 0.15) is 47.5 Å². The maximum Gasteiger partial charge on any atom is 0.250 e. The number of H-pyrrole nitrogens is 1. The molecule has 0 bridgehead atoms. The van der Waals surface area contributed by atoms with Crippen molar-refractivity contribution in [2.24, 2.45) is 11.7 Å². The number of aromatic amines is 1. The van der Waals surface area contributed by atoms with Crippen molar-refractivity contribution in [2.45, 2.75) is 31.6 Å². The Hall–Kier alpha value is -2.72. The summed E-state index contributed by atoms with van der Waals surface area (Å²) in [7, 11) is -3.32. The number of piperidine rings is 1. The van der Waals surface area contributed by atoms with Gasteiger partial charge in [0.1, 0.15) is 0 Å². The first-order chi connectivity index (χ1) is 17.9. The van der Waals surface area contributed by atoms with Crippen LogP contribution in [0.25, 0.3) is 22.0 Å². The molecule has 1 atom stereocenters. The van der Waals surface area contributed by atoms with Gasteiger partial charge < -0.3 is 20.2 Å². The standard InChI is InChI=1S/C28H35N3O5S/c29-28(32)25-16-23(21-5-2-1-3-6-21)15-24-26(17-30-27(24)25)22-7-10-31(11-8-22)37(33,34)14-4-12-35-18-20-9-13-36-19-20/h1-3,5-6,15-17,20,22,30H,4,7-14,18-19H2,(H2,29,32). The molecule has 8 nitrogen and oxygen atoms in total. The molecule has 37 heavy (non-hydrogen) atoms. The minimum atomic E-state index is -3.32. The van der Waals surface area contributed by atoms with Crippen molar-refractivity contribution in [3.05, 3.63) is 59.8 Å². The number of amides is 1. The summed E-state index contributed by atoms with van der Waals surface area (Å²) in [4.78, 5) is 15.5. The van der Waals surface area contributed by atoms with Gasteiger partial charge in [-0.1, -0.05) is 30.3 Å². The summed E-state index contributed by atoms with van der Waals surface area (Å²) in [5.74, 6) is 0.262. The van der Waals surface area contributed by atoms with Gasteiger partial charge in [0.15, 0.2) is 0 Å². The number of nitrogens with one attached hydrogen (secondary N) is 1. The fourth-order valence-electron chi connectivity index (χ4n) is 5.46. The van der Waals surface area contributed by atoms with Gasteiger partial charge in [0.25, 0.3) is 5.91 Å². The molecule has 2 aliphatic rings. The number of benzene rings is 2. The fraction of sp³-hybridized carbons (Fsp3) is 0.464. The van der Waals surface area contributed by atoms with Gasteiger partial charge in [0.05, 0.1) is 30.0 Å². The minimum Gasteiger partial charge on any atom is -0.381 e. The molecule has 9 heteroatoms. The van der Waals surface area contributed by atoms with Gasteiger partial charge >= 0.3 is 0 Å². The molecule has 2 aliphatic heterocycles. The van der Waals surface area contributed by atoms with Crippen molar-refractivity contribution in [3.63, 3.8) is 0 Å². The van der Waals surface area contributed by atoms with E-state index in [9.17, 15) is 13.2 Å². The molecule has 0 spiro atoms. The van der Waals surface area contributed by atoms with Crippen LogP contribution in [0.2, 0.25) is 0 Å². The Bertz CT molecular complexity index is 1320. The Labute approximate surface area is 218 Å². The summed E-state index contributed by atoms with van der Waals surface area (Å²) in [6, 6.07) is 13.8. The first-order valence-electron chi connectivity index (χ1n) is 13.1. The zero-order chi connectivity index (χ0) is 25.8. The van der Waals surface area contributed by atoms with Crippen molar-refractivity contribution in [1.82, 2.24) is 9.29 Å². The van der Waals surface area contributed by atoms with E-state index in [-0.39, 0.29) is 11.7 Å². The highest BCUT2D eigenvalue weighted by atomic mass is 32.2. The van der Waals surface area contributed by atoms with Crippen LogP contribution in [0.5, 0.6) is 0 Å². The van der Waals surface area contributed by atoms with Crippen LogP contribution in [0.4, 0.5) is 0 Å². The zero-order valence-electron chi connectivity index (χ0n) is 21.0. The number of rotatable bonds is 10. The molecule has 5 rings (SSSR count). The second kappa shape index (κ2) is 11.3. The number of aromatic nitrogens is 1. The Morgan fingerprint density at radius 3 is 2.59 bits per heavy atom. The van der Waals surface area contributed by atoms with Gasteiger partial charge in [0.2, 0.25) is 10.0 Å². The van der Waals surface area contributed by atoms with Crippen LogP contribution in [0.15, 0.2) is 48.7 Å². The number of fused-ring (bicyclic) bond motifs is 1. The summed E-state index contributed by atoms with van der Waals surface area (Å²) in [6.07, 6.45) is 4.92. The lowest BCUT2D eigenvalue weighted by molar-refractivity contribution is 0.0904. The summed E-state index contributed by atoms with van der Waals surface area (Å²) in [6.45, 7) is 3.59. The number of carbonyl (C=O) groups excluding carboxylic acids is 1. The van der Waals surface area contributed by atoms with Crippen molar-refractivity contribution < 1.29 is 22.7 Å². The van der Waals surface area contributed by atoms with E-state index in [2.05, 4.69) is 11.1 Å². The lowest BCUT2D eigenvalue weighted by Crippen LogP contribution is -2.39. The number of sulfonamides is 1. The average molecular weight is 526 g/mol. The topological polar surface area (TPSA) is 115 Å². The first-order valence-corrected chi connectivity index (χ1v) is 14.7. The lowest BCUT2D eigenvalue weighted by Gasteiger charge is -2.31. The number of nitrogens with two attached hydrogens (primary N) is 1. The van der Waals surface area contributed by atoms with E-state index in [0.717, 1.165) is 60.1 Å². The molecule has 1 unspecified atom stereocenters. The van der Waals surface area contributed by atoms with Gasteiger partial charge in [-0.25, -0.2) is 12.7 Å². The smallest absolute Gasteiger partial charge is 0.250 e. The second-order valence-electron chi connectivity index (χ2n) is 10.1. The van der Waals surface area contributed by atoms with Crippen molar-refractivity contribution >= 4 is 26.8 Å². The highest BCUT2D eigenvalue weighted by Gasteiger charge is 2.30. The molecular weight excluding hydrogens is 490 g/mol. The Morgan fingerprint density at radius 1 is 1.11 bits per heavy atom. The molecule has 0 radical (unpaired) electrons. The molecule has 2 aromatic carbocycles. The zero-order valence-corrected chi connectivity index (χ0v) is 21.8. The van der Waals surface area contributed by atoms with E-state index < -0.39 is 15.9 Å².